The molecule has 1 saturated heterocycles. The van der Waals surface area contributed by atoms with E-state index < -0.39 is 3.23 Å². The highest BCUT2D eigenvalue weighted by atomic mass is 79.9. The van der Waals surface area contributed by atoms with E-state index in [0.29, 0.717) is 19.4 Å². The Balaban J connectivity index is 1.82. The zero-order valence-electron chi connectivity index (χ0n) is 10.9. The predicted octanol–water partition coefficient (Wildman–Crippen LogP) is 3.25. The highest BCUT2D eigenvalue weighted by Crippen LogP contribution is 2.46. The summed E-state index contributed by atoms with van der Waals surface area (Å²) < 4.78 is -0.663. The van der Waals surface area contributed by atoms with Crippen molar-refractivity contribution in [3.05, 3.63) is 35.9 Å². The summed E-state index contributed by atoms with van der Waals surface area (Å²) in [6.45, 7) is 0.626. The molecule has 1 aliphatic carbocycles. The van der Waals surface area contributed by atoms with Crippen LogP contribution in [0.15, 0.2) is 30.3 Å². The van der Waals surface area contributed by atoms with Crippen LogP contribution in [0.5, 0.6) is 0 Å². The molecule has 3 rings (SSSR count). The lowest BCUT2D eigenvalue weighted by molar-refractivity contribution is -0.147. The van der Waals surface area contributed by atoms with Gasteiger partial charge in [0.15, 0.2) is 5.78 Å². The molecule has 1 heterocycles. The number of hydrogen-bond donors (Lipinski definition) is 0. The van der Waals surface area contributed by atoms with E-state index in [9.17, 15) is 9.59 Å². The maximum absolute atomic E-state index is 12.3. The second kappa shape index (κ2) is 5.26. The highest BCUT2D eigenvalue weighted by molar-refractivity contribution is 9.25. The van der Waals surface area contributed by atoms with Gasteiger partial charge in [-0.3, -0.25) is 9.59 Å². The number of nitrogens with zero attached hydrogens (tertiary/aromatic N) is 1. The maximum atomic E-state index is 12.3. The topological polar surface area (TPSA) is 37.4 Å². The van der Waals surface area contributed by atoms with Crippen molar-refractivity contribution in [1.29, 1.82) is 0 Å². The van der Waals surface area contributed by atoms with Crippen LogP contribution in [-0.2, 0) is 16.1 Å². The number of carbonyl (C=O) groups excluding carboxylic acids is 2. The average Bonchev–Trinajstić information content (AvgIpc) is 2.41. The zero-order chi connectivity index (χ0) is 14.3. The van der Waals surface area contributed by atoms with E-state index in [1.165, 1.54) is 0 Å². The number of ketones is 1. The number of alkyl halides is 2. The standard InChI is InChI=1S/C15H15Br2NO2/c16-15(17)8-12-6-11(14(15)20)7-13(19)18(12)9-10-4-2-1-3-5-10/h1-5,11-12H,6-9H2/t11-,12-/m1/s1. The number of hydrogen-bond acceptors (Lipinski definition) is 2. The summed E-state index contributed by atoms with van der Waals surface area (Å²) in [7, 11) is 0. The molecule has 1 amide bonds. The van der Waals surface area contributed by atoms with Crippen molar-refractivity contribution in [3.8, 4) is 0 Å². The quantitative estimate of drug-likeness (QED) is 0.714. The molecule has 1 aliphatic heterocycles. The molecule has 106 valence electrons. The summed E-state index contributed by atoms with van der Waals surface area (Å²) in [5, 5.41) is 0. The number of benzene rings is 1. The van der Waals surface area contributed by atoms with Gasteiger partial charge >= 0.3 is 0 Å². The molecule has 2 atom stereocenters. The molecule has 2 aliphatic rings. The van der Waals surface area contributed by atoms with E-state index in [4.69, 9.17) is 0 Å². The summed E-state index contributed by atoms with van der Waals surface area (Å²) >= 11 is 6.95. The van der Waals surface area contributed by atoms with E-state index in [0.717, 1.165) is 12.0 Å². The minimum absolute atomic E-state index is 0.0963. The fourth-order valence-corrected chi connectivity index (χ4v) is 4.55. The fourth-order valence-electron chi connectivity index (χ4n) is 3.16. The van der Waals surface area contributed by atoms with Gasteiger partial charge in [-0.15, -0.1) is 0 Å². The maximum Gasteiger partial charge on any atom is 0.223 e. The van der Waals surface area contributed by atoms with E-state index in [1.807, 2.05) is 35.2 Å². The Morgan fingerprint density at radius 3 is 2.60 bits per heavy atom. The van der Waals surface area contributed by atoms with Gasteiger partial charge < -0.3 is 4.90 Å². The van der Waals surface area contributed by atoms with E-state index in [2.05, 4.69) is 31.9 Å². The van der Waals surface area contributed by atoms with Gasteiger partial charge in [-0.25, -0.2) is 0 Å². The molecular formula is C15H15Br2NO2. The first-order valence-electron chi connectivity index (χ1n) is 6.73. The number of likely N-dealkylation sites (tertiary alicyclic amines) is 1. The van der Waals surface area contributed by atoms with Crippen molar-refractivity contribution < 1.29 is 9.59 Å². The van der Waals surface area contributed by atoms with Gasteiger partial charge in [-0.05, 0) is 12.0 Å². The van der Waals surface area contributed by atoms with Crippen LogP contribution in [0.3, 0.4) is 0 Å². The summed E-state index contributed by atoms with van der Waals surface area (Å²) in [5.41, 5.74) is 1.13. The molecule has 5 heteroatoms. The third-order valence-corrected chi connectivity index (χ3v) is 5.59. The minimum Gasteiger partial charge on any atom is -0.335 e. The Kier molecular flexibility index (Phi) is 3.75. The summed E-state index contributed by atoms with van der Waals surface area (Å²) in [5.74, 6) is 0.0624. The number of halogens is 2. The number of rotatable bonds is 2. The molecule has 0 unspecified atom stereocenters. The van der Waals surface area contributed by atoms with Crippen LogP contribution in [0, 0.1) is 5.92 Å². The monoisotopic (exact) mass is 399 g/mol. The number of Topliss-reactive ketones (excluding diaryl/α,β-unsaturated/α-hetero) is 1. The van der Waals surface area contributed by atoms with Crippen molar-refractivity contribution in [2.24, 2.45) is 5.92 Å². The molecular weight excluding hydrogens is 386 g/mol. The molecule has 1 aromatic carbocycles. The second-order valence-electron chi connectivity index (χ2n) is 5.57. The van der Waals surface area contributed by atoms with E-state index in [1.54, 1.807) is 0 Å². The van der Waals surface area contributed by atoms with E-state index >= 15 is 0 Å². The van der Waals surface area contributed by atoms with Crippen molar-refractivity contribution >= 4 is 43.6 Å². The van der Waals surface area contributed by atoms with Gasteiger partial charge in [-0.1, -0.05) is 62.2 Å². The predicted molar refractivity (Wildman–Crippen MR) is 83.7 cm³/mol. The van der Waals surface area contributed by atoms with Crippen LogP contribution in [0.4, 0.5) is 0 Å². The zero-order valence-corrected chi connectivity index (χ0v) is 14.1. The Labute approximate surface area is 135 Å². The van der Waals surface area contributed by atoms with Crippen LogP contribution in [0.1, 0.15) is 24.8 Å². The third-order valence-electron chi connectivity index (χ3n) is 4.16. The molecule has 20 heavy (non-hydrogen) atoms. The Morgan fingerprint density at radius 1 is 1.20 bits per heavy atom. The Bertz CT molecular complexity index is 544. The van der Waals surface area contributed by atoms with Gasteiger partial charge in [-0.2, -0.15) is 0 Å². The lowest BCUT2D eigenvalue weighted by Crippen LogP contribution is -2.55. The Morgan fingerprint density at radius 2 is 1.90 bits per heavy atom. The number of piperidine rings is 1. The lowest BCUT2D eigenvalue weighted by Gasteiger charge is -2.46. The fraction of sp³-hybridized carbons (Fsp3) is 0.467. The number of carbonyl (C=O) groups is 2. The van der Waals surface area contributed by atoms with Gasteiger partial charge in [0.25, 0.3) is 0 Å². The molecule has 0 radical (unpaired) electrons. The normalized spacial score (nSPS) is 28.6. The minimum atomic E-state index is -0.663. The first kappa shape index (κ1) is 14.3. The van der Waals surface area contributed by atoms with Crippen molar-refractivity contribution in [1.82, 2.24) is 4.90 Å². The summed E-state index contributed by atoms with van der Waals surface area (Å²) in [6.07, 6.45) is 1.75. The molecule has 0 aromatic heterocycles. The molecule has 0 N–H and O–H groups in total. The van der Waals surface area contributed by atoms with Crippen LogP contribution >= 0.6 is 31.9 Å². The van der Waals surface area contributed by atoms with Gasteiger partial charge in [0.05, 0.1) is 0 Å². The molecule has 3 nitrogen and oxygen atoms in total. The average molecular weight is 401 g/mol. The first-order chi connectivity index (χ1) is 9.47. The number of amides is 1. The van der Waals surface area contributed by atoms with Crippen molar-refractivity contribution in [2.45, 2.75) is 35.1 Å². The smallest absolute Gasteiger partial charge is 0.223 e. The second-order valence-corrected chi connectivity index (χ2v) is 9.34. The van der Waals surface area contributed by atoms with Crippen LogP contribution in [0.2, 0.25) is 0 Å². The highest BCUT2D eigenvalue weighted by Gasteiger charge is 2.50. The van der Waals surface area contributed by atoms with Crippen LogP contribution < -0.4 is 0 Å². The van der Waals surface area contributed by atoms with Gasteiger partial charge in [0.2, 0.25) is 5.91 Å². The molecule has 1 saturated carbocycles. The first-order valence-corrected chi connectivity index (χ1v) is 8.31. The molecule has 0 spiro atoms. The molecule has 1 aromatic rings. The number of fused-ring (bicyclic) bond motifs is 2. The van der Waals surface area contributed by atoms with Crippen LogP contribution in [0.25, 0.3) is 0 Å². The van der Waals surface area contributed by atoms with E-state index in [-0.39, 0.29) is 23.7 Å². The summed E-state index contributed by atoms with van der Waals surface area (Å²) in [4.78, 5) is 26.4. The molecule has 2 fully saturated rings. The lowest BCUT2D eigenvalue weighted by atomic mass is 9.78. The van der Waals surface area contributed by atoms with Gasteiger partial charge in [0.1, 0.15) is 3.23 Å². The Hall–Kier alpha value is -0.680. The third kappa shape index (κ3) is 2.58. The van der Waals surface area contributed by atoms with Gasteiger partial charge in [0, 0.05) is 31.3 Å². The summed E-state index contributed by atoms with van der Waals surface area (Å²) in [6, 6.07) is 10.1. The van der Waals surface area contributed by atoms with Crippen molar-refractivity contribution in [2.75, 3.05) is 0 Å². The molecule has 2 bridgehead atoms. The largest absolute Gasteiger partial charge is 0.335 e. The van der Waals surface area contributed by atoms with Crippen molar-refractivity contribution in [3.63, 3.8) is 0 Å². The van der Waals surface area contributed by atoms with Crippen LogP contribution in [-0.4, -0.2) is 25.9 Å². The SMILES string of the molecule is O=C1C[C@H]2C[C@H](CC(Br)(Br)C2=O)N1Cc1ccccc1.